The number of ether oxygens (including phenoxy) is 1. The van der Waals surface area contributed by atoms with Gasteiger partial charge in [-0.1, -0.05) is 42.5 Å². The van der Waals surface area contributed by atoms with E-state index in [9.17, 15) is 43.8 Å². The van der Waals surface area contributed by atoms with Gasteiger partial charge in [-0.15, -0.1) is 0 Å². The van der Waals surface area contributed by atoms with Crippen molar-refractivity contribution in [1.29, 1.82) is 0 Å². The molecule has 1 aliphatic rings. The van der Waals surface area contributed by atoms with E-state index in [4.69, 9.17) is 4.74 Å². The topological polar surface area (TPSA) is 285 Å². The molecule has 10 N–H and O–H groups in total. The van der Waals surface area contributed by atoms with E-state index in [2.05, 4.69) is 113 Å². The zero-order valence-electron chi connectivity index (χ0n) is 49.4. The number of likely N-dealkylation sites (N-methyl/N-ethyl adjacent to an activating group) is 1. The number of carbonyl (C=O) groups excluding carboxylic acids is 7. The minimum Gasteiger partial charge on any atom is -0.504 e. The van der Waals surface area contributed by atoms with Crippen molar-refractivity contribution in [2.24, 2.45) is 0 Å². The largest absolute Gasteiger partial charge is 0.504 e. The molecule has 0 saturated carbocycles. The molecular formula is C60H88N14O10. The van der Waals surface area contributed by atoms with Gasteiger partial charge in [-0.2, -0.15) is 0 Å². The number of para-hydroxylation sites is 1. The molecule has 0 radical (unpaired) electrons. The number of phenols is 2. The molecule has 458 valence electrons. The van der Waals surface area contributed by atoms with E-state index in [-0.39, 0.29) is 113 Å². The van der Waals surface area contributed by atoms with Crippen LogP contribution in [0.5, 0.6) is 17.2 Å². The van der Waals surface area contributed by atoms with E-state index in [0.717, 1.165) is 16.9 Å². The fourth-order valence-electron chi connectivity index (χ4n) is 9.27. The smallest absolute Gasteiger partial charge is 0.255 e. The second-order valence-electron chi connectivity index (χ2n) is 20.9. The molecule has 1 aliphatic heterocycles. The highest BCUT2D eigenvalue weighted by atomic mass is 16.5. The van der Waals surface area contributed by atoms with Gasteiger partial charge in [0.05, 0.1) is 38.3 Å². The number of anilines is 2. The standard InChI is InChI=1S/C60H88N14O10/c1-61-23-25-64-54(78)40-71-31-33-72(41-55(79)65-26-24-62-44-75)34-36-73(37-38-74(35-32-71)43-57(81)67-29-30-68-60(83)51-8-6-9-52(76)59(51)82)42-56(80)66-28-27-63-53(77)10-7-39-84-50-21-15-47(16-22-50)58(45-11-17-48(18-12-45)69(2)3)46-13-19-49(20-14-46)70(4)5/h6,8-9,11-22,44,58,61,76,82H,7,10,23-43H2,1-5H3,(H,62,75)(H,63,77)(H,64,78)(H,65,79)(H,66,80)(H,67,81)(H,68,83). The van der Waals surface area contributed by atoms with Crippen molar-refractivity contribution < 1.29 is 48.5 Å². The Balaban J connectivity index is 1.13. The van der Waals surface area contributed by atoms with Crippen LogP contribution >= 0.6 is 0 Å². The summed E-state index contributed by atoms with van der Waals surface area (Å²) in [6, 6.07) is 29.4. The van der Waals surface area contributed by atoms with E-state index in [1.54, 1.807) is 7.05 Å². The molecule has 0 atom stereocenters. The van der Waals surface area contributed by atoms with Crippen LogP contribution in [0.25, 0.3) is 0 Å². The molecule has 0 spiro atoms. The molecule has 7 amide bonds. The van der Waals surface area contributed by atoms with Gasteiger partial charge in [-0.05, 0) is 78.7 Å². The first-order chi connectivity index (χ1) is 40.5. The predicted octanol–water partition coefficient (Wildman–Crippen LogP) is -0.233. The number of hydrogen-bond acceptors (Lipinski definition) is 17. The fourth-order valence-corrected chi connectivity index (χ4v) is 9.27. The molecule has 0 aliphatic carbocycles. The molecule has 24 nitrogen and oxygen atoms in total. The maximum Gasteiger partial charge on any atom is 0.255 e. The summed E-state index contributed by atoms with van der Waals surface area (Å²) in [5.41, 5.74) is 5.62. The number of aromatic hydroxyl groups is 2. The monoisotopic (exact) mass is 1160 g/mol. The molecule has 84 heavy (non-hydrogen) atoms. The van der Waals surface area contributed by atoms with Crippen LogP contribution in [-0.4, -0.2) is 244 Å². The van der Waals surface area contributed by atoms with Crippen molar-refractivity contribution >= 4 is 53.2 Å². The summed E-state index contributed by atoms with van der Waals surface area (Å²) < 4.78 is 6.06. The highest BCUT2D eigenvalue weighted by molar-refractivity contribution is 5.97. The Bertz CT molecular complexity index is 2630. The van der Waals surface area contributed by atoms with E-state index in [1.807, 2.05) is 59.9 Å². The summed E-state index contributed by atoms with van der Waals surface area (Å²) >= 11 is 0. The number of benzene rings is 4. The van der Waals surface area contributed by atoms with Gasteiger partial charge in [0.15, 0.2) is 11.5 Å². The van der Waals surface area contributed by atoms with E-state index >= 15 is 0 Å². The molecule has 5 rings (SSSR count). The zero-order chi connectivity index (χ0) is 60.6. The van der Waals surface area contributed by atoms with Crippen LogP contribution in [-0.2, 0) is 28.8 Å². The van der Waals surface area contributed by atoms with Crippen LogP contribution in [0.15, 0.2) is 91.0 Å². The summed E-state index contributed by atoms with van der Waals surface area (Å²) in [4.78, 5) is 101. The molecule has 24 heteroatoms. The molecule has 4 aromatic carbocycles. The van der Waals surface area contributed by atoms with Crippen molar-refractivity contribution in [2.45, 2.75) is 18.8 Å². The number of nitrogens with one attached hydrogen (secondary N) is 8. The first-order valence-corrected chi connectivity index (χ1v) is 28.6. The summed E-state index contributed by atoms with van der Waals surface area (Å²) in [6.07, 6.45) is 1.28. The maximum atomic E-state index is 13.5. The van der Waals surface area contributed by atoms with Gasteiger partial charge in [0.25, 0.3) is 5.91 Å². The van der Waals surface area contributed by atoms with Gasteiger partial charge in [0.1, 0.15) is 5.75 Å². The van der Waals surface area contributed by atoms with Crippen molar-refractivity contribution in [2.75, 3.05) is 183 Å². The normalized spacial score (nSPS) is 13.8. The van der Waals surface area contributed by atoms with E-state index in [0.29, 0.717) is 90.6 Å². The van der Waals surface area contributed by atoms with Crippen LogP contribution in [0.4, 0.5) is 11.4 Å². The SMILES string of the molecule is CNCCNC(=O)CN1CCN(CC(=O)NCCNC=O)CCN(CC(=O)NCCNC(=O)CCCOc2ccc(C(c3ccc(N(C)C)cc3)c3ccc(N(C)C)cc3)cc2)CCN(CC(=O)NCCNC(=O)c2cccc(O)c2O)CC1. The number of rotatable bonds is 32. The quantitative estimate of drug-likeness (QED) is 0.0131. The van der Waals surface area contributed by atoms with Gasteiger partial charge in [-0.3, -0.25) is 53.2 Å². The summed E-state index contributed by atoms with van der Waals surface area (Å²) in [5.74, 6) is -2.09. The molecule has 1 saturated heterocycles. The molecular weight excluding hydrogens is 1080 g/mol. The first kappa shape index (κ1) is 66.8. The third-order valence-electron chi connectivity index (χ3n) is 14.0. The van der Waals surface area contributed by atoms with Crippen LogP contribution in [0.3, 0.4) is 0 Å². The molecule has 0 unspecified atom stereocenters. The first-order valence-electron chi connectivity index (χ1n) is 28.6. The van der Waals surface area contributed by atoms with Gasteiger partial charge in [0, 0.05) is 157 Å². The van der Waals surface area contributed by atoms with Crippen LogP contribution in [0.1, 0.15) is 45.8 Å². The maximum absolute atomic E-state index is 13.5. The van der Waals surface area contributed by atoms with Crippen molar-refractivity contribution in [1.82, 2.24) is 62.1 Å². The Labute approximate surface area is 494 Å². The average Bonchev–Trinajstić information content (AvgIpc) is 3.29. The number of phenolic OH excluding ortho intramolecular Hbond substituents is 2. The van der Waals surface area contributed by atoms with Gasteiger partial charge >= 0.3 is 0 Å². The molecule has 0 bridgehead atoms. The fraction of sp³-hybridized carbons (Fsp3) is 0.483. The Hall–Kier alpha value is -8.03. The Kier molecular flexibility index (Phi) is 29.0. The van der Waals surface area contributed by atoms with Gasteiger partial charge in [0.2, 0.25) is 35.9 Å². The third-order valence-corrected chi connectivity index (χ3v) is 14.0. The molecule has 4 aromatic rings. The van der Waals surface area contributed by atoms with Crippen molar-refractivity contribution in [3.05, 3.63) is 113 Å². The lowest BCUT2D eigenvalue weighted by molar-refractivity contribution is -0.125. The van der Waals surface area contributed by atoms with Gasteiger partial charge < -0.3 is 67.3 Å². The number of amides is 7. The van der Waals surface area contributed by atoms with Crippen LogP contribution in [0.2, 0.25) is 0 Å². The minimum absolute atomic E-state index is 0.00848. The molecule has 0 aromatic heterocycles. The highest BCUT2D eigenvalue weighted by Gasteiger charge is 2.23. The van der Waals surface area contributed by atoms with Crippen molar-refractivity contribution in [3.8, 4) is 17.2 Å². The Morgan fingerprint density at radius 3 is 1.30 bits per heavy atom. The third kappa shape index (κ3) is 24.1. The second-order valence-corrected chi connectivity index (χ2v) is 20.9. The number of hydrogen-bond donors (Lipinski definition) is 10. The lowest BCUT2D eigenvalue weighted by atomic mass is 9.85. The van der Waals surface area contributed by atoms with E-state index < -0.39 is 17.4 Å². The molecule has 1 heterocycles. The lowest BCUT2D eigenvalue weighted by Crippen LogP contribution is -2.52. The molecule has 1 fully saturated rings. The second kappa shape index (κ2) is 36.5. The highest BCUT2D eigenvalue weighted by Crippen LogP contribution is 2.35. The number of carbonyl (C=O) groups is 7. The van der Waals surface area contributed by atoms with E-state index in [1.165, 1.54) is 29.3 Å². The van der Waals surface area contributed by atoms with Crippen molar-refractivity contribution in [3.63, 3.8) is 0 Å². The predicted molar refractivity (Wildman–Crippen MR) is 325 cm³/mol. The number of nitrogens with zero attached hydrogens (tertiary/aromatic N) is 6. The average molecular weight is 1170 g/mol. The zero-order valence-corrected chi connectivity index (χ0v) is 49.4. The summed E-state index contributed by atoms with van der Waals surface area (Å²) in [7, 11) is 9.90. The van der Waals surface area contributed by atoms with Gasteiger partial charge in [-0.25, -0.2) is 0 Å². The minimum atomic E-state index is -0.623. The summed E-state index contributed by atoms with van der Waals surface area (Å²) in [5, 5.41) is 42.4. The van der Waals surface area contributed by atoms with Crippen LogP contribution in [0, 0.1) is 0 Å². The van der Waals surface area contributed by atoms with Crippen LogP contribution < -0.4 is 57.1 Å². The Morgan fingerprint density at radius 2 is 0.893 bits per heavy atom. The Morgan fingerprint density at radius 1 is 0.512 bits per heavy atom. The summed E-state index contributed by atoms with van der Waals surface area (Å²) in [6.45, 7) is 5.49. The lowest BCUT2D eigenvalue weighted by Gasteiger charge is -2.33.